The monoisotopic (exact) mass is 351 g/mol. The van der Waals surface area contributed by atoms with Crippen LogP contribution in [0.25, 0.3) is 0 Å². The minimum Gasteiger partial charge on any atom is -0.444 e. The van der Waals surface area contributed by atoms with Gasteiger partial charge in [0, 0.05) is 19.1 Å². The number of rotatable bonds is 6. The van der Waals surface area contributed by atoms with E-state index < -0.39 is 5.60 Å². The van der Waals surface area contributed by atoms with Gasteiger partial charge in [-0.15, -0.1) is 6.42 Å². The zero-order valence-corrected chi connectivity index (χ0v) is 16.3. The van der Waals surface area contributed by atoms with Crippen LogP contribution in [0.3, 0.4) is 0 Å². The van der Waals surface area contributed by atoms with Crippen LogP contribution in [0, 0.1) is 18.3 Å². The predicted octanol–water partition coefficient (Wildman–Crippen LogP) is 2.09. The Labute approximate surface area is 152 Å². The molecule has 0 aromatic carbocycles. The molecule has 1 heterocycles. The van der Waals surface area contributed by atoms with E-state index in [0.717, 1.165) is 25.9 Å². The average Bonchev–Trinajstić information content (AvgIpc) is 2.49. The highest BCUT2D eigenvalue weighted by Crippen LogP contribution is 2.20. The molecular formula is C19H33N3O3. The van der Waals surface area contributed by atoms with Crippen molar-refractivity contribution in [3.05, 3.63) is 0 Å². The average molecular weight is 351 g/mol. The molecule has 0 radical (unpaired) electrons. The molecule has 0 aliphatic carbocycles. The normalized spacial score (nSPS) is 18.5. The van der Waals surface area contributed by atoms with E-state index in [1.165, 1.54) is 0 Å². The Morgan fingerprint density at radius 3 is 2.64 bits per heavy atom. The molecular weight excluding hydrogens is 318 g/mol. The van der Waals surface area contributed by atoms with Gasteiger partial charge in [-0.3, -0.25) is 9.69 Å². The van der Waals surface area contributed by atoms with E-state index in [9.17, 15) is 9.59 Å². The Hall–Kier alpha value is -1.74. The van der Waals surface area contributed by atoms with Gasteiger partial charge in [-0.05, 0) is 59.9 Å². The molecule has 0 bridgehead atoms. The summed E-state index contributed by atoms with van der Waals surface area (Å²) in [6.45, 7) is 12.6. The number of likely N-dealkylation sites (tertiary alicyclic amines) is 1. The molecule has 0 spiro atoms. The maximum Gasteiger partial charge on any atom is 0.410 e. The molecule has 6 nitrogen and oxygen atoms in total. The topological polar surface area (TPSA) is 61.9 Å². The number of carbonyl (C=O) groups is 2. The lowest BCUT2D eigenvalue weighted by atomic mass is 9.97. The van der Waals surface area contributed by atoms with Crippen molar-refractivity contribution < 1.29 is 14.3 Å². The van der Waals surface area contributed by atoms with E-state index in [1.54, 1.807) is 4.90 Å². The second kappa shape index (κ2) is 9.67. The molecule has 1 saturated heterocycles. The molecule has 6 heteroatoms. The van der Waals surface area contributed by atoms with Gasteiger partial charge >= 0.3 is 6.09 Å². The van der Waals surface area contributed by atoms with Gasteiger partial charge in [0.15, 0.2) is 0 Å². The van der Waals surface area contributed by atoms with E-state index >= 15 is 0 Å². The van der Waals surface area contributed by atoms with Crippen molar-refractivity contribution in [2.75, 3.05) is 32.7 Å². The lowest BCUT2D eigenvalue weighted by Gasteiger charge is -2.37. The first kappa shape index (κ1) is 21.3. The van der Waals surface area contributed by atoms with Crippen molar-refractivity contribution in [2.24, 2.45) is 5.92 Å². The van der Waals surface area contributed by atoms with Crippen molar-refractivity contribution in [3.63, 3.8) is 0 Å². The van der Waals surface area contributed by atoms with E-state index in [1.807, 2.05) is 34.6 Å². The summed E-state index contributed by atoms with van der Waals surface area (Å²) in [4.78, 5) is 28.2. The van der Waals surface area contributed by atoms with Crippen LogP contribution in [0.2, 0.25) is 0 Å². The fraction of sp³-hybridized carbons (Fsp3) is 0.789. The molecule has 142 valence electrons. The van der Waals surface area contributed by atoms with Gasteiger partial charge in [-0.2, -0.15) is 0 Å². The minimum atomic E-state index is -0.502. The Morgan fingerprint density at radius 1 is 1.40 bits per heavy atom. The first-order valence-corrected chi connectivity index (χ1v) is 9.04. The van der Waals surface area contributed by atoms with Crippen molar-refractivity contribution in [3.8, 4) is 12.3 Å². The van der Waals surface area contributed by atoms with Crippen LogP contribution in [0.15, 0.2) is 0 Å². The molecule has 1 N–H and O–H groups in total. The van der Waals surface area contributed by atoms with Crippen LogP contribution in [-0.4, -0.2) is 66.2 Å². The van der Waals surface area contributed by atoms with Crippen LogP contribution in [0.1, 0.15) is 47.5 Å². The summed E-state index contributed by atoms with van der Waals surface area (Å²) in [6, 6.07) is 0.0733. The third kappa shape index (κ3) is 8.26. The van der Waals surface area contributed by atoms with Crippen molar-refractivity contribution in [1.29, 1.82) is 0 Å². The van der Waals surface area contributed by atoms with Crippen LogP contribution in [0.5, 0.6) is 0 Å². The van der Waals surface area contributed by atoms with Gasteiger partial charge in [0.2, 0.25) is 5.91 Å². The second-order valence-corrected chi connectivity index (χ2v) is 7.95. The zero-order chi connectivity index (χ0) is 19.0. The molecule has 0 aromatic heterocycles. The molecule has 1 aliphatic rings. The van der Waals surface area contributed by atoms with Gasteiger partial charge < -0.3 is 15.0 Å². The highest BCUT2D eigenvalue weighted by atomic mass is 16.6. The first-order chi connectivity index (χ1) is 11.6. The smallest absolute Gasteiger partial charge is 0.410 e. The summed E-state index contributed by atoms with van der Waals surface area (Å²) in [5.74, 6) is 2.69. The molecule has 0 saturated carbocycles. The Balaban J connectivity index is 2.59. The molecule has 0 aromatic rings. The third-order valence-electron chi connectivity index (χ3n) is 4.06. The van der Waals surface area contributed by atoms with E-state index in [0.29, 0.717) is 19.0 Å². The number of amides is 2. The van der Waals surface area contributed by atoms with Crippen LogP contribution in [0.4, 0.5) is 4.79 Å². The number of carbonyl (C=O) groups excluding carboxylic acids is 2. The highest BCUT2D eigenvalue weighted by molar-refractivity contribution is 5.78. The number of piperidine rings is 1. The summed E-state index contributed by atoms with van der Waals surface area (Å²) >= 11 is 0. The van der Waals surface area contributed by atoms with Gasteiger partial charge in [0.25, 0.3) is 0 Å². The van der Waals surface area contributed by atoms with Crippen LogP contribution in [-0.2, 0) is 9.53 Å². The number of hydrogen-bond donors (Lipinski definition) is 1. The summed E-state index contributed by atoms with van der Waals surface area (Å²) in [5, 5.41) is 2.70. The van der Waals surface area contributed by atoms with Gasteiger partial charge in [-0.25, -0.2) is 4.79 Å². The SMILES string of the molecule is C#CCNC(=O)CN1CCC[C@@H](CN(C(=O)OC(C)(C)C)C(C)C)C1. The summed E-state index contributed by atoms with van der Waals surface area (Å²) in [7, 11) is 0. The Kier molecular flexibility index (Phi) is 8.24. The summed E-state index contributed by atoms with van der Waals surface area (Å²) in [6.07, 6.45) is 6.96. The Morgan fingerprint density at radius 2 is 2.08 bits per heavy atom. The van der Waals surface area contributed by atoms with Crippen LogP contribution < -0.4 is 5.32 Å². The standard InChI is InChI=1S/C19H33N3O3/c1-7-10-20-17(23)14-21-11-8-9-16(12-21)13-22(15(2)3)18(24)25-19(4,5)6/h1,15-16H,8-14H2,2-6H3,(H,20,23)/t16-/m1/s1. The largest absolute Gasteiger partial charge is 0.444 e. The van der Waals surface area contributed by atoms with Crippen molar-refractivity contribution in [1.82, 2.24) is 15.1 Å². The quantitative estimate of drug-likeness (QED) is 0.745. The maximum atomic E-state index is 12.5. The molecule has 1 atom stereocenters. The number of ether oxygens (including phenoxy) is 1. The van der Waals surface area contributed by atoms with Gasteiger partial charge in [-0.1, -0.05) is 5.92 Å². The molecule has 25 heavy (non-hydrogen) atoms. The van der Waals surface area contributed by atoms with E-state index in [2.05, 4.69) is 16.1 Å². The molecule has 2 amide bonds. The summed E-state index contributed by atoms with van der Waals surface area (Å²) in [5.41, 5.74) is -0.502. The number of terminal acetylenes is 1. The van der Waals surface area contributed by atoms with E-state index in [-0.39, 0.29) is 24.6 Å². The second-order valence-electron chi connectivity index (χ2n) is 7.95. The lowest BCUT2D eigenvalue weighted by Crippen LogP contribution is -2.48. The zero-order valence-electron chi connectivity index (χ0n) is 16.3. The molecule has 1 rings (SSSR count). The number of nitrogens with one attached hydrogen (secondary N) is 1. The van der Waals surface area contributed by atoms with E-state index in [4.69, 9.17) is 11.2 Å². The molecule has 1 aliphatic heterocycles. The van der Waals surface area contributed by atoms with Crippen molar-refractivity contribution >= 4 is 12.0 Å². The lowest BCUT2D eigenvalue weighted by molar-refractivity contribution is -0.122. The minimum absolute atomic E-state index is 0.0496. The Bertz CT molecular complexity index is 491. The first-order valence-electron chi connectivity index (χ1n) is 9.04. The number of nitrogens with zero attached hydrogens (tertiary/aromatic N) is 2. The maximum absolute atomic E-state index is 12.5. The predicted molar refractivity (Wildman–Crippen MR) is 99.1 cm³/mol. The van der Waals surface area contributed by atoms with Crippen molar-refractivity contribution in [2.45, 2.75) is 59.1 Å². The van der Waals surface area contributed by atoms with Gasteiger partial charge in [0.05, 0.1) is 13.1 Å². The molecule has 0 unspecified atom stereocenters. The highest BCUT2D eigenvalue weighted by Gasteiger charge is 2.29. The molecule has 1 fully saturated rings. The third-order valence-corrected chi connectivity index (χ3v) is 4.06. The fourth-order valence-corrected chi connectivity index (χ4v) is 2.95. The van der Waals surface area contributed by atoms with Crippen LogP contribution >= 0.6 is 0 Å². The fourth-order valence-electron chi connectivity index (χ4n) is 2.95. The van der Waals surface area contributed by atoms with Gasteiger partial charge in [0.1, 0.15) is 5.60 Å². The number of hydrogen-bond acceptors (Lipinski definition) is 4. The summed E-state index contributed by atoms with van der Waals surface area (Å²) < 4.78 is 5.53.